The van der Waals surface area contributed by atoms with Gasteiger partial charge >= 0.3 is 0 Å². The van der Waals surface area contributed by atoms with Crippen molar-refractivity contribution in [1.29, 1.82) is 0 Å². The number of hydrogen-bond donors (Lipinski definition) is 0. The van der Waals surface area contributed by atoms with Crippen LogP contribution in [0.3, 0.4) is 0 Å². The topological polar surface area (TPSA) is 3.24 Å². The summed E-state index contributed by atoms with van der Waals surface area (Å²) in [5, 5.41) is 1.71. The molecule has 3 heteroatoms. The second-order valence-corrected chi connectivity index (χ2v) is 5.62. The van der Waals surface area contributed by atoms with Gasteiger partial charge in [0, 0.05) is 34.2 Å². The summed E-state index contributed by atoms with van der Waals surface area (Å²) in [7, 11) is 0. The fraction of sp³-hybridized carbons (Fsp3) is 0.571. The molecule has 1 aromatic rings. The molecule has 0 aliphatic heterocycles. The van der Waals surface area contributed by atoms with E-state index in [9.17, 15) is 0 Å². The monoisotopic (exact) mass is 315 g/mol. The molecule has 0 unspecified atom stereocenters. The molecule has 17 heavy (non-hydrogen) atoms. The van der Waals surface area contributed by atoms with E-state index in [1.807, 2.05) is 6.07 Å². The van der Waals surface area contributed by atoms with Gasteiger partial charge in [-0.25, -0.2) is 0 Å². The minimum absolute atomic E-state index is 0.748. The van der Waals surface area contributed by atoms with Crippen molar-refractivity contribution in [3.05, 3.63) is 28.8 Å². The van der Waals surface area contributed by atoms with Crippen LogP contribution in [-0.2, 0) is 5.33 Å². The van der Waals surface area contributed by atoms with Gasteiger partial charge in [0.2, 0.25) is 0 Å². The lowest BCUT2D eigenvalue weighted by atomic mass is 10.1. The Morgan fingerprint density at radius 1 is 1.41 bits per heavy atom. The van der Waals surface area contributed by atoms with E-state index in [1.165, 1.54) is 36.9 Å². The summed E-state index contributed by atoms with van der Waals surface area (Å²) in [5.41, 5.74) is 2.56. The standard InChI is InChI=1S/C14H19BrClN/c1-2-3-9-17(11-7-8-11)14-6-4-5-13(16)12(14)10-15/h4-6,11H,2-3,7-10H2,1H3. The van der Waals surface area contributed by atoms with Crippen molar-refractivity contribution in [3.63, 3.8) is 0 Å². The lowest BCUT2D eigenvalue weighted by Crippen LogP contribution is -2.27. The average molecular weight is 317 g/mol. The number of rotatable bonds is 6. The normalized spacial score (nSPS) is 15.0. The first-order valence-corrected chi connectivity index (χ1v) is 7.87. The Hall–Kier alpha value is -0.210. The van der Waals surface area contributed by atoms with E-state index in [0.29, 0.717) is 0 Å². The first-order valence-electron chi connectivity index (χ1n) is 6.38. The van der Waals surface area contributed by atoms with Crippen molar-refractivity contribution in [2.45, 2.75) is 44.0 Å². The lowest BCUT2D eigenvalue weighted by Gasteiger charge is -2.27. The summed E-state index contributed by atoms with van der Waals surface area (Å²) in [6.45, 7) is 3.40. The Kier molecular flexibility index (Phi) is 4.75. The van der Waals surface area contributed by atoms with Gasteiger partial charge in [0.1, 0.15) is 0 Å². The fourth-order valence-corrected chi connectivity index (χ4v) is 3.15. The summed E-state index contributed by atoms with van der Waals surface area (Å²) in [6, 6.07) is 6.99. The van der Waals surface area contributed by atoms with Crippen molar-refractivity contribution in [3.8, 4) is 0 Å². The molecule has 0 amide bonds. The van der Waals surface area contributed by atoms with Gasteiger partial charge in [-0.15, -0.1) is 0 Å². The molecule has 0 spiro atoms. The Morgan fingerprint density at radius 2 is 2.18 bits per heavy atom. The van der Waals surface area contributed by atoms with Crippen molar-refractivity contribution in [1.82, 2.24) is 0 Å². The number of benzene rings is 1. The van der Waals surface area contributed by atoms with Gasteiger partial charge in [-0.3, -0.25) is 0 Å². The smallest absolute Gasteiger partial charge is 0.0467 e. The molecule has 94 valence electrons. The molecule has 1 aliphatic carbocycles. The van der Waals surface area contributed by atoms with Gasteiger partial charge < -0.3 is 4.90 Å². The number of alkyl halides is 1. The van der Waals surface area contributed by atoms with Gasteiger partial charge in [0.15, 0.2) is 0 Å². The zero-order valence-electron chi connectivity index (χ0n) is 10.3. The largest absolute Gasteiger partial charge is 0.368 e. The Morgan fingerprint density at radius 3 is 2.76 bits per heavy atom. The van der Waals surface area contributed by atoms with Gasteiger partial charge in [-0.05, 0) is 31.4 Å². The third kappa shape index (κ3) is 3.17. The van der Waals surface area contributed by atoms with Crippen molar-refractivity contribution < 1.29 is 0 Å². The summed E-state index contributed by atoms with van der Waals surface area (Å²) >= 11 is 9.83. The number of nitrogens with zero attached hydrogens (tertiary/aromatic N) is 1. The first kappa shape index (κ1) is 13.2. The molecule has 0 heterocycles. The average Bonchev–Trinajstić information content (AvgIpc) is 3.14. The van der Waals surface area contributed by atoms with Gasteiger partial charge in [-0.2, -0.15) is 0 Å². The summed E-state index contributed by atoms with van der Waals surface area (Å²) in [6.07, 6.45) is 5.16. The van der Waals surface area contributed by atoms with Crippen LogP contribution in [-0.4, -0.2) is 12.6 Å². The van der Waals surface area contributed by atoms with E-state index in [0.717, 1.165) is 22.9 Å². The van der Waals surface area contributed by atoms with Crippen LogP contribution in [0.4, 0.5) is 5.69 Å². The Labute approximate surface area is 117 Å². The van der Waals surface area contributed by atoms with Crippen LogP contribution in [0.5, 0.6) is 0 Å². The summed E-state index contributed by atoms with van der Waals surface area (Å²) < 4.78 is 0. The highest BCUT2D eigenvalue weighted by molar-refractivity contribution is 9.08. The zero-order chi connectivity index (χ0) is 12.3. The van der Waals surface area contributed by atoms with Gasteiger partial charge in [0.25, 0.3) is 0 Å². The van der Waals surface area contributed by atoms with Crippen molar-refractivity contribution in [2.75, 3.05) is 11.4 Å². The molecule has 1 saturated carbocycles. The Bertz CT molecular complexity index is 376. The van der Waals surface area contributed by atoms with Crippen molar-refractivity contribution >= 4 is 33.2 Å². The summed E-state index contributed by atoms with van der Waals surface area (Å²) in [5.74, 6) is 0. The summed E-state index contributed by atoms with van der Waals surface area (Å²) in [4.78, 5) is 2.55. The van der Waals surface area contributed by atoms with E-state index in [4.69, 9.17) is 11.6 Å². The molecule has 1 nitrogen and oxygen atoms in total. The lowest BCUT2D eigenvalue weighted by molar-refractivity contribution is 0.711. The van der Waals surface area contributed by atoms with E-state index in [1.54, 1.807) is 0 Å². The zero-order valence-corrected chi connectivity index (χ0v) is 12.6. The number of halogens is 2. The molecule has 0 radical (unpaired) electrons. The second kappa shape index (κ2) is 6.10. The van der Waals surface area contributed by atoms with Crippen LogP contribution in [0.25, 0.3) is 0 Å². The maximum atomic E-state index is 6.28. The molecule has 0 N–H and O–H groups in total. The molecular formula is C14H19BrClN. The molecule has 0 bridgehead atoms. The van der Waals surface area contributed by atoms with E-state index in [2.05, 4.69) is 39.9 Å². The predicted molar refractivity (Wildman–Crippen MR) is 79.4 cm³/mol. The van der Waals surface area contributed by atoms with Crippen LogP contribution >= 0.6 is 27.5 Å². The SMILES string of the molecule is CCCCN(c1cccc(Cl)c1CBr)C1CC1. The molecule has 1 fully saturated rings. The Balaban J connectivity index is 2.25. The molecule has 2 rings (SSSR count). The predicted octanol–water partition coefficient (Wildman–Crippen LogP) is 5.00. The maximum Gasteiger partial charge on any atom is 0.0467 e. The van der Waals surface area contributed by atoms with Crippen LogP contribution in [0.2, 0.25) is 5.02 Å². The van der Waals surface area contributed by atoms with Crippen molar-refractivity contribution in [2.24, 2.45) is 0 Å². The minimum atomic E-state index is 0.748. The first-order chi connectivity index (χ1) is 8.27. The highest BCUT2D eigenvalue weighted by Crippen LogP contribution is 2.37. The molecular weight excluding hydrogens is 298 g/mol. The molecule has 1 aliphatic rings. The number of hydrogen-bond acceptors (Lipinski definition) is 1. The third-order valence-electron chi connectivity index (χ3n) is 3.28. The second-order valence-electron chi connectivity index (χ2n) is 4.65. The van der Waals surface area contributed by atoms with Crippen LogP contribution in [0.1, 0.15) is 38.2 Å². The van der Waals surface area contributed by atoms with Crippen LogP contribution in [0.15, 0.2) is 18.2 Å². The fourth-order valence-electron chi connectivity index (χ4n) is 2.16. The van der Waals surface area contributed by atoms with Gasteiger partial charge in [-0.1, -0.05) is 46.9 Å². The quantitative estimate of drug-likeness (QED) is 0.667. The highest BCUT2D eigenvalue weighted by Gasteiger charge is 2.30. The maximum absolute atomic E-state index is 6.28. The molecule has 0 saturated heterocycles. The third-order valence-corrected chi connectivity index (χ3v) is 4.19. The molecule has 0 aromatic heterocycles. The van der Waals surface area contributed by atoms with Crippen LogP contribution in [0, 0.1) is 0 Å². The molecule has 1 aromatic carbocycles. The van der Waals surface area contributed by atoms with E-state index in [-0.39, 0.29) is 0 Å². The molecule has 0 atom stereocenters. The van der Waals surface area contributed by atoms with Gasteiger partial charge in [0.05, 0.1) is 0 Å². The van der Waals surface area contributed by atoms with E-state index >= 15 is 0 Å². The number of anilines is 1. The minimum Gasteiger partial charge on any atom is -0.368 e. The van der Waals surface area contributed by atoms with E-state index < -0.39 is 0 Å². The van der Waals surface area contributed by atoms with Crippen LogP contribution < -0.4 is 4.90 Å². The number of unbranched alkanes of at least 4 members (excludes halogenated alkanes) is 1. The highest BCUT2D eigenvalue weighted by atomic mass is 79.9.